The minimum atomic E-state index is -4.84. The Kier molecular flexibility index (Phi) is 4.42. The van der Waals surface area contributed by atoms with Crippen LogP contribution in [0.25, 0.3) is 11.0 Å². The van der Waals surface area contributed by atoms with Crippen molar-refractivity contribution in [1.29, 1.82) is 0 Å². The SMILES string of the molecule is O=c1cc(C(F)(F)F)c2ccc(OS(=O)(=O)c3ccc(F)c(F)c3)cc2o1. The molecular weight excluding hydrogens is 399 g/mol. The van der Waals surface area contributed by atoms with Crippen LogP contribution >= 0.6 is 0 Å². The summed E-state index contributed by atoms with van der Waals surface area (Å²) in [6.45, 7) is 0. The van der Waals surface area contributed by atoms with Gasteiger partial charge in [-0.05, 0) is 30.3 Å². The third-order valence-corrected chi connectivity index (χ3v) is 4.65. The first kappa shape index (κ1) is 18.8. The largest absolute Gasteiger partial charge is 0.423 e. The van der Waals surface area contributed by atoms with E-state index in [4.69, 9.17) is 4.18 Å². The van der Waals surface area contributed by atoms with Crippen molar-refractivity contribution in [3.05, 3.63) is 70.1 Å². The summed E-state index contributed by atoms with van der Waals surface area (Å²) < 4.78 is 98.7. The highest BCUT2D eigenvalue weighted by Gasteiger charge is 2.34. The Balaban J connectivity index is 2.05. The number of fused-ring (bicyclic) bond motifs is 1. The second kappa shape index (κ2) is 6.34. The van der Waals surface area contributed by atoms with Crippen LogP contribution in [0.1, 0.15) is 5.56 Å². The average Bonchev–Trinajstić information content (AvgIpc) is 2.55. The highest BCUT2D eigenvalue weighted by Crippen LogP contribution is 2.35. The van der Waals surface area contributed by atoms with Gasteiger partial charge in [-0.3, -0.25) is 0 Å². The molecule has 3 aromatic rings. The highest BCUT2D eigenvalue weighted by molar-refractivity contribution is 7.87. The highest BCUT2D eigenvalue weighted by atomic mass is 32.2. The molecule has 2 aromatic carbocycles. The fraction of sp³-hybridized carbons (Fsp3) is 0.0625. The van der Waals surface area contributed by atoms with E-state index < -0.39 is 60.7 Å². The fourth-order valence-electron chi connectivity index (χ4n) is 2.24. The number of halogens is 5. The van der Waals surface area contributed by atoms with Crippen molar-refractivity contribution in [1.82, 2.24) is 0 Å². The molecule has 0 atom stereocenters. The molecule has 142 valence electrons. The van der Waals surface area contributed by atoms with E-state index in [1.165, 1.54) is 0 Å². The second-order valence-corrected chi connectivity index (χ2v) is 6.79. The predicted octanol–water partition coefficient (Wildman–Crippen LogP) is 3.86. The summed E-state index contributed by atoms with van der Waals surface area (Å²) in [6.07, 6.45) is -4.84. The van der Waals surface area contributed by atoms with Gasteiger partial charge in [0.25, 0.3) is 0 Å². The van der Waals surface area contributed by atoms with E-state index in [-0.39, 0.29) is 6.07 Å². The average molecular weight is 406 g/mol. The van der Waals surface area contributed by atoms with Crippen LogP contribution in [0.3, 0.4) is 0 Å². The van der Waals surface area contributed by atoms with Crippen LogP contribution in [0, 0.1) is 11.6 Å². The van der Waals surface area contributed by atoms with Crippen molar-refractivity contribution in [3.8, 4) is 5.75 Å². The zero-order chi connectivity index (χ0) is 20.0. The number of alkyl halides is 3. The molecule has 0 fully saturated rings. The molecule has 0 saturated carbocycles. The van der Waals surface area contributed by atoms with Crippen molar-refractivity contribution in [2.24, 2.45) is 0 Å². The van der Waals surface area contributed by atoms with Crippen molar-refractivity contribution < 1.29 is 39.0 Å². The molecule has 0 bridgehead atoms. The molecule has 0 aliphatic carbocycles. The molecule has 0 spiro atoms. The van der Waals surface area contributed by atoms with Gasteiger partial charge in [0.1, 0.15) is 16.2 Å². The Labute approximate surface area is 147 Å². The van der Waals surface area contributed by atoms with E-state index in [1.807, 2.05) is 0 Å². The van der Waals surface area contributed by atoms with Crippen LogP contribution in [0.5, 0.6) is 5.75 Å². The van der Waals surface area contributed by atoms with E-state index >= 15 is 0 Å². The maximum absolute atomic E-state index is 13.2. The van der Waals surface area contributed by atoms with Gasteiger partial charge in [0.15, 0.2) is 11.6 Å². The topological polar surface area (TPSA) is 73.6 Å². The van der Waals surface area contributed by atoms with Gasteiger partial charge in [0.05, 0.1) is 5.56 Å². The third kappa shape index (κ3) is 3.77. The van der Waals surface area contributed by atoms with E-state index in [0.717, 1.165) is 24.3 Å². The van der Waals surface area contributed by atoms with Crippen LogP contribution in [0.15, 0.2) is 56.6 Å². The normalized spacial score (nSPS) is 12.3. The first-order chi connectivity index (χ1) is 12.5. The standard InChI is InChI=1S/C16H7F5O5S/c17-12-4-2-9(6-13(12)18)27(23,24)26-8-1-3-10-11(16(19,20)21)7-15(22)25-14(10)5-8/h1-7H. The Hall–Kier alpha value is -2.95. The van der Waals surface area contributed by atoms with Gasteiger partial charge in [-0.1, -0.05) is 0 Å². The molecule has 0 radical (unpaired) electrons. The Bertz CT molecular complexity index is 1200. The lowest BCUT2D eigenvalue weighted by molar-refractivity contribution is -0.136. The molecule has 27 heavy (non-hydrogen) atoms. The van der Waals surface area contributed by atoms with E-state index in [2.05, 4.69) is 4.42 Å². The van der Waals surface area contributed by atoms with Gasteiger partial charge < -0.3 is 8.60 Å². The number of hydrogen-bond acceptors (Lipinski definition) is 5. The molecule has 0 N–H and O–H groups in total. The van der Waals surface area contributed by atoms with Crippen LogP contribution < -0.4 is 9.81 Å². The summed E-state index contributed by atoms with van der Waals surface area (Å²) in [5.41, 5.74) is -3.12. The van der Waals surface area contributed by atoms with Crippen molar-refractivity contribution in [2.75, 3.05) is 0 Å². The summed E-state index contributed by atoms with van der Waals surface area (Å²) in [7, 11) is -4.62. The molecule has 0 saturated heterocycles. The molecule has 1 heterocycles. The summed E-state index contributed by atoms with van der Waals surface area (Å²) in [4.78, 5) is 10.6. The zero-order valence-electron chi connectivity index (χ0n) is 12.9. The van der Waals surface area contributed by atoms with Gasteiger partial charge in [0, 0.05) is 17.5 Å². The summed E-state index contributed by atoms with van der Waals surface area (Å²) in [5, 5.41) is -0.486. The van der Waals surface area contributed by atoms with Gasteiger partial charge in [-0.15, -0.1) is 0 Å². The number of hydrogen-bond donors (Lipinski definition) is 0. The van der Waals surface area contributed by atoms with Crippen LogP contribution in [0.4, 0.5) is 22.0 Å². The molecule has 0 amide bonds. The van der Waals surface area contributed by atoms with Crippen LogP contribution in [-0.2, 0) is 16.3 Å². The van der Waals surface area contributed by atoms with Crippen LogP contribution in [0.2, 0.25) is 0 Å². The number of rotatable bonds is 3. The smallest absolute Gasteiger partial charge is 0.417 e. The molecule has 0 unspecified atom stereocenters. The first-order valence-corrected chi connectivity index (χ1v) is 8.43. The minimum absolute atomic E-state index is 0.265. The fourth-order valence-corrected chi connectivity index (χ4v) is 3.17. The summed E-state index contributed by atoms with van der Waals surface area (Å²) >= 11 is 0. The second-order valence-electron chi connectivity index (χ2n) is 5.25. The van der Waals surface area contributed by atoms with Crippen molar-refractivity contribution >= 4 is 21.1 Å². The summed E-state index contributed by atoms with van der Waals surface area (Å²) in [6, 6.07) is 4.49. The first-order valence-electron chi connectivity index (χ1n) is 7.02. The van der Waals surface area contributed by atoms with Gasteiger partial charge >= 0.3 is 21.9 Å². The Morgan fingerprint density at radius 1 is 0.926 bits per heavy atom. The molecule has 5 nitrogen and oxygen atoms in total. The van der Waals surface area contributed by atoms with Gasteiger partial charge in [-0.25, -0.2) is 13.6 Å². The third-order valence-electron chi connectivity index (χ3n) is 3.41. The Morgan fingerprint density at radius 2 is 1.63 bits per heavy atom. The maximum Gasteiger partial charge on any atom is 0.417 e. The monoisotopic (exact) mass is 406 g/mol. The van der Waals surface area contributed by atoms with Gasteiger partial charge in [-0.2, -0.15) is 21.6 Å². The van der Waals surface area contributed by atoms with Crippen molar-refractivity contribution in [2.45, 2.75) is 11.1 Å². The van der Waals surface area contributed by atoms with E-state index in [1.54, 1.807) is 0 Å². The van der Waals surface area contributed by atoms with E-state index in [0.29, 0.717) is 12.1 Å². The quantitative estimate of drug-likeness (QED) is 0.375. The van der Waals surface area contributed by atoms with Crippen molar-refractivity contribution in [3.63, 3.8) is 0 Å². The lowest BCUT2D eigenvalue weighted by Gasteiger charge is -2.11. The predicted molar refractivity (Wildman–Crippen MR) is 81.7 cm³/mol. The molecule has 11 heteroatoms. The molecule has 3 rings (SSSR count). The maximum atomic E-state index is 13.2. The molecule has 0 aliphatic rings. The van der Waals surface area contributed by atoms with Gasteiger partial charge in [0.2, 0.25) is 0 Å². The Morgan fingerprint density at radius 3 is 2.26 bits per heavy atom. The van der Waals surface area contributed by atoms with E-state index in [9.17, 15) is 35.2 Å². The molecule has 0 aliphatic heterocycles. The molecule has 1 aromatic heterocycles. The summed E-state index contributed by atoms with van der Waals surface area (Å²) in [5.74, 6) is -3.20. The zero-order valence-corrected chi connectivity index (χ0v) is 13.7. The lowest BCUT2D eigenvalue weighted by Crippen LogP contribution is -2.12. The molecular formula is C16H7F5O5S. The van der Waals surface area contributed by atoms with Crippen LogP contribution in [-0.4, -0.2) is 8.42 Å². The lowest BCUT2D eigenvalue weighted by atomic mass is 10.1. The minimum Gasteiger partial charge on any atom is -0.423 e. The number of benzene rings is 2.